The zero-order valence-electron chi connectivity index (χ0n) is 14.9. The Balaban J connectivity index is 2.05. The van der Waals surface area contributed by atoms with Crippen LogP contribution in [0.15, 0.2) is 44.4 Å². The van der Waals surface area contributed by atoms with Crippen molar-refractivity contribution in [3.05, 3.63) is 56.9 Å². The van der Waals surface area contributed by atoms with Crippen LogP contribution >= 0.6 is 0 Å². The van der Waals surface area contributed by atoms with Crippen molar-refractivity contribution >= 4 is 22.6 Å². The summed E-state index contributed by atoms with van der Waals surface area (Å²) < 4.78 is 7.40. The highest BCUT2D eigenvalue weighted by Gasteiger charge is 2.16. The summed E-state index contributed by atoms with van der Waals surface area (Å²) in [6.07, 6.45) is 0. The normalized spacial score (nSPS) is 11.2. The van der Waals surface area contributed by atoms with Crippen molar-refractivity contribution in [3.8, 4) is 0 Å². The minimum Gasteiger partial charge on any atom is -0.360 e. The van der Waals surface area contributed by atoms with Crippen molar-refractivity contribution in [3.63, 3.8) is 0 Å². The third-order valence-electron chi connectivity index (χ3n) is 3.88. The molecule has 0 fully saturated rings. The van der Waals surface area contributed by atoms with Crippen molar-refractivity contribution in [2.24, 2.45) is 5.92 Å². The van der Waals surface area contributed by atoms with E-state index >= 15 is 0 Å². The quantitative estimate of drug-likeness (QED) is 0.751. The zero-order chi connectivity index (χ0) is 18.8. The van der Waals surface area contributed by atoms with E-state index in [4.69, 9.17) is 4.52 Å². The van der Waals surface area contributed by atoms with Crippen molar-refractivity contribution in [2.45, 2.75) is 33.9 Å². The van der Waals surface area contributed by atoms with E-state index in [1.807, 2.05) is 13.8 Å². The molecule has 2 aromatic heterocycles. The Hall–Kier alpha value is -3.16. The van der Waals surface area contributed by atoms with Gasteiger partial charge in [0.25, 0.3) is 5.56 Å². The first kappa shape index (κ1) is 17.7. The Labute approximate surface area is 149 Å². The first-order valence-corrected chi connectivity index (χ1v) is 8.32. The lowest BCUT2D eigenvalue weighted by atomic mass is 10.2. The van der Waals surface area contributed by atoms with Gasteiger partial charge in [-0.2, -0.15) is 0 Å². The monoisotopic (exact) mass is 356 g/mol. The number of nitrogens with zero attached hydrogens (tertiary/aromatic N) is 3. The van der Waals surface area contributed by atoms with Gasteiger partial charge in [0.2, 0.25) is 5.91 Å². The number of aromatic nitrogens is 3. The highest BCUT2D eigenvalue weighted by atomic mass is 16.5. The minimum atomic E-state index is -0.506. The number of aryl methyl sites for hydroxylation is 1. The standard InChI is InChI=1S/C18H20N4O4/c1-11(2)9-22-17(24)13-6-4-5-7-14(13)21(18(22)25)10-16(23)19-15-8-12(3)26-20-15/h4-8,11H,9-10H2,1-3H3,(H,19,20,23). The van der Waals surface area contributed by atoms with Crippen LogP contribution in [0.3, 0.4) is 0 Å². The maximum Gasteiger partial charge on any atom is 0.331 e. The molecule has 3 rings (SSSR count). The summed E-state index contributed by atoms with van der Waals surface area (Å²) in [5.74, 6) is 0.524. The molecule has 8 heteroatoms. The summed E-state index contributed by atoms with van der Waals surface area (Å²) in [4.78, 5) is 37.9. The lowest BCUT2D eigenvalue weighted by Gasteiger charge is -2.14. The number of hydrogen-bond acceptors (Lipinski definition) is 5. The van der Waals surface area contributed by atoms with Gasteiger partial charge in [-0.25, -0.2) is 4.79 Å². The van der Waals surface area contributed by atoms with Gasteiger partial charge in [-0.3, -0.25) is 18.7 Å². The van der Waals surface area contributed by atoms with E-state index in [2.05, 4.69) is 10.5 Å². The largest absolute Gasteiger partial charge is 0.360 e. The van der Waals surface area contributed by atoms with Crippen LogP contribution in [0.1, 0.15) is 19.6 Å². The summed E-state index contributed by atoms with van der Waals surface area (Å²) in [5.41, 5.74) is -0.425. The molecule has 0 unspecified atom stereocenters. The van der Waals surface area contributed by atoms with Crippen LogP contribution in [0, 0.1) is 12.8 Å². The van der Waals surface area contributed by atoms with Crippen LogP contribution in [0.4, 0.5) is 5.82 Å². The molecule has 0 bridgehead atoms. The lowest BCUT2D eigenvalue weighted by molar-refractivity contribution is -0.116. The maximum absolute atomic E-state index is 12.8. The van der Waals surface area contributed by atoms with Crippen LogP contribution in [0.2, 0.25) is 0 Å². The van der Waals surface area contributed by atoms with Crippen LogP contribution in [0.5, 0.6) is 0 Å². The Morgan fingerprint density at radius 2 is 1.96 bits per heavy atom. The highest BCUT2D eigenvalue weighted by molar-refractivity contribution is 5.90. The molecular formula is C18H20N4O4. The predicted octanol–water partition coefficient (Wildman–Crippen LogP) is 1.75. The molecule has 3 aromatic rings. The first-order valence-electron chi connectivity index (χ1n) is 8.32. The Morgan fingerprint density at radius 1 is 1.23 bits per heavy atom. The molecule has 1 aromatic carbocycles. The molecule has 0 aliphatic heterocycles. The molecule has 0 saturated carbocycles. The van der Waals surface area contributed by atoms with Gasteiger partial charge in [-0.1, -0.05) is 31.1 Å². The number of nitrogens with one attached hydrogen (secondary N) is 1. The van der Waals surface area contributed by atoms with Crippen LogP contribution in [-0.2, 0) is 17.9 Å². The topological polar surface area (TPSA) is 99.1 Å². The average molecular weight is 356 g/mol. The molecule has 8 nitrogen and oxygen atoms in total. The van der Waals surface area contributed by atoms with Crippen LogP contribution < -0.4 is 16.6 Å². The molecule has 0 atom stereocenters. The van der Waals surface area contributed by atoms with E-state index < -0.39 is 11.6 Å². The maximum atomic E-state index is 12.8. The molecule has 0 aliphatic carbocycles. The number of amides is 1. The van der Waals surface area contributed by atoms with E-state index in [0.29, 0.717) is 16.7 Å². The minimum absolute atomic E-state index is 0.113. The second kappa shape index (κ2) is 6.99. The second-order valence-corrected chi connectivity index (χ2v) is 6.57. The average Bonchev–Trinajstić information content (AvgIpc) is 3.00. The van der Waals surface area contributed by atoms with Crippen LogP contribution in [-0.4, -0.2) is 20.2 Å². The second-order valence-electron chi connectivity index (χ2n) is 6.57. The number of carbonyl (C=O) groups is 1. The summed E-state index contributed by atoms with van der Waals surface area (Å²) >= 11 is 0. The number of anilines is 1. The number of hydrogen-bond donors (Lipinski definition) is 1. The van der Waals surface area contributed by atoms with Gasteiger partial charge in [0, 0.05) is 12.6 Å². The molecule has 0 aliphatic rings. The van der Waals surface area contributed by atoms with Gasteiger partial charge < -0.3 is 9.84 Å². The van der Waals surface area contributed by atoms with Crippen molar-refractivity contribution < 1.29 is 9.32 Å². The Morgan fingerprint density at radius 3 is 2.62 bits per heavy atom. The summed E-state index contributed by atoms with van der Waals surface area (Å²) in [7, 11) is 0. The summed E-state index contributed by atoms with van der Waals surface area (Å²) in [5, 5.41) is 6.69. The van der Waals surface area contributed by atoms with Gasteiger partial charge in [-0.05, 0) is 25.0 Å². The Kier molecular flexibility index (Phi) is 4.75. The molecule has 0 spiro atoms. The zero-order valence-corrected chi connectivity index (χ0v) is 14.9. The van der Waals surface area contributed by atoms with E-state index in [1.54, 1.807) is 37.3 Å². The summed E-state index contributed by atoms with van der Waals surface area (Å²) in [6.45, 7) is 5.61. The Bertz CT molecular complexity index is 1070. The third-order valence-corrected chi connectivity index (χ3v) is 3.88. The predicted molar refractivity (Wildman–Crippen MR) is 97.2 cm³/mol. The van der Waals surface area contributed by atoms with E-state index in [-0.39, 0.29) is 30.4 Å². The third kappa shape index (κ3) is 3.44. The fourth-order valence-electron chi connectivity index (χ4n) is 2.80. The SMILES string of the molecule is Cc1cc(NC(=O)Cn2c(=O)n(CC(C)C)c(=O)c3ccccc32)no1. The van der Waals surface area contributed by atoms with Gasteiger partial charge in [-0.15, -0.1) is 0 Å². The fraction of sp³-hybridized carbons (Fsp3) is 0.333. The van der Waals surface area contributed by atoms with Crippen LogP contribution in [0.25, 0.3) is 10.9 Å². The molecule has 0 radical (unpaired) electrons. The van der Waals surface area contributed by atoms with Gasteiger partial charge >= 0.3 is 5.69 Å². The smallest absolute Gasteiger partial charge is 0.331 e. The summed E-state index contributed by atoms with van der Waals surface area (Å²) in [6, 6.07) is 8.35. The first-order chi connectivity index (χ1) is 12.4. The molecule has 1 amide bonds. The van der Waals surface area contributed by atoms with Gasteiger partial charge in [0.1, 0.15) is 12.3 Å². The number of para-hydroxylation sites is 1. The molecule has 26 heavy (non-hydrogen) atoms. The van der Waals surface area contributed by atoms with Crippen molar-refractivity contribution in [1.29, 1.82) is 0 Å². The van der Waals surface area contributed by atoms with Gasteiger partial charge in [0.15, 0.2) is 5.82 Å². The van der Waals surface area contributed by atoms with E-state index in [9.17, 15) is 14.4 Å². The van der Waals surface area contributed by atoms with Crippen molar-refractivity contribution in [1.82, 2.24) is 14.3 Å². The van der Waals surface area contributed by atoms with Gasteiger partial charge in [0.05, 0.1) is 10.9 Å². The van der Waals surface area contributed by atoms with Crippen molar-refractivity contribution in [2.75, 3.05) is 5.32 Å². The van der Waals surface area contributed by atoms with E-state index in [1.165, 1.54) is 9.13 Å². The number of carbonyl (C=O) groups excluding carboxylic acids is 1. The lowest BCUT2D eigenvalue weighted by Crippen LogP contribution is -2.42. The number of fused-ring (bicyclic) bond motifs is 1. The molecule has 2 heterocycles. The number of rotatable bonds is 5. The highest BCUT2D eigenvalue weighted by Crippen LogP contribution is 2.10. The molecule has 0 saturated heterocycles. The fourth-order valence-corrected chi connectivity index (χ4v) is 2.80. The molecular weight excluding hydrogens is 336 g/mol. The molecule has 136 valence electrons. The molecule has 1 N–H and O–H groups in total. The number of benzene rings is 1. The van der Waals surface area contributed by atoms with E-state index in [0.717, 1.165) is 0 Å².